The van der Waals surface area contributed by atoms with Crippen molar-refractivity contribution in [2.75, 3.05) is 5.32 Å². The van der Waals surface area contributed by atoms with E-state index in [1.54, 1.807) is 10.9 Å². The molecule has 4 nitrogen and oxygen atoms in total. The third kappa shape index (κ3) is 2.42. The van der Waals surface area contributed by atoms with Crippen LogP contribution in [0.4, 0.5) is 5.69 Å². The molecule has 3 rings (SSSR count). The van der Waals surface area contributed by atoms with Gasteiger partial charge in [-0.05, 0) is 37.1 Å². The van der Waals surface area contributed by atoms with Crippen LogP contribution in [0.2, 0.25) is 0 Å². The number of rotatable bonds is 3. The van der Waals surface area contributed by atoms with Crippen molar-refractivity contribution in [2.45, 2.75) is 19.8 Å². The molecule has 1 aromatic heterocycles. The molecule has 1 aromatic carbocycles. The van der Waals surface area contributed by atoms with Crippen molar-refractivity contribution in [1.29, 1.82) is 0 Å². The van der Waals surface area contributed by atoms with Gasteiger partial charge in [-0.2, -0.15) is 5.10 Å². The maximum Gasteiger partial charge on any atom is 0.230 e. The summed E-state index contributed by atoms with van der Waals surface area (Å²) in [6.07, 6.45) is 5.50. The van der Waals surface area contributed by atoms with Crippen molar-refractivity contribution < 1.29 is 4.79 Å². The van der Waals surface area contributed by atoms with Gasteiger partial charge in [0.2, 0.25) is 5.91 Å². The second-order valence-corrected chi connectivity index (χ2v) is 6.04. The van der Waals surface area contributed by atoms with Crippen LogP contribution >= 0.6 is 15.9 Å². The van der Waals surface area contributed by atoms with Gasteiger partial charge in [0.15, 0.2) is 0 Å². The van der Waals surface area contributed by atoms with Crippen molar-refractivity contribution in [1.82, 2.24) is 9.78 Å². The lowest BCUT2D eigenvalue weighted by molar-refractivity contribution is -0.120. The van der Waals surface area contributed by atoms with Crippen LogP contribution in [0.1, 0.15) is 19.8 Å². The summed E-state index contributed by atoms with van der Waals surface area (Å²) < 4.78 is 2.68. The fraction of sp³-hybridized carbons (Fsp3) is 0.286. The Kier molecular flexibility index (Phi) is 2.93. The molecular weight excluding hydrogens is 306 g/mol. The van der Waals surface area contributed by atoms with Crippen LogP contribution in [-0.4, -0.2) is 15.7 Å². The van der Waals surface area contributed by atoms with Gasteiger partial charge in [0.05, 0.1) is 11.4 Å². The molecule has 0 saturated heterocycles. The minimum absolute atomic E-state index is 0.0824. The quantitative estimate of drug-likeness (QED) is 0.942. The molecule has 1 saturated carbocycles. The maximum absolute atomic E-state index is 12.2. The average Bonchev–Trinajstić information content (AvgIpc) is 2.92. The Labute approximate surface area is 119 Å². The van der Waals surface area contributed by atoms with Crippen LogP contribution < -0.4 is 5.32 Å². The van der Waals surface area contributed by atoms with E-state index < -0.39 is 0 Å². The highest BCUT2D eigenvalue weighted by Gasteiger charge is 2.45. The number of amides is 1. The van der Waals surface area contributed by atoms with Crippen molar-refractivity contribution in [3.63, 3.8) is 0 Å². The highest BCUT2D eigenvalue weighted by Crippen LogP contribution is 2.46. The second kappa shape index (κ2) is 4.49. The number of halogens is 1. The summed E-state index contributed by atoms with van der Waals surface area (Å²) in [4.78, 5) is 12.2. The van der Waals surface area contributed by atoms with E-state index in [4.69, 9.17) is 0 Å². The lowest BCUT2D eigenvalue weighted by Crippen LogP contribution is -2.22. The first-order valence-electron chi connectivity index (χ1n) is 6.19. The first-order valence-corrected chi connectivity index (χ1v) is 6.99. The van der Waals surface area contributed by atoms with E-state index in [1.165, 1.54) is 0 Å². The minimum atomic E-state index is -0.191. The lowest BCUT2D eigenvalue weighted by Gasteiger charge is -2.14. The van der Waals surface area contributed by atoms with E-state index in [0.717, 1.165) is 28.7 Å². The predicted octanol–water partition coefficient (Wildman–Crippen LogP) is 3.37. The number of carbonyl (C=O) groups is 1. The molecule has 1 amide bonds. The highest BCUT2D eigenvalue weighted by atomic mass is 79.9. The molecule has 1 heterocycles. The molecular formula is C14H14BrN3O. The first kappa shape index (κ1) is 12.4. The zero-order valence-electron chi connectivity index (χ0n) is 10.6. The Morgan fingerprint density at radius 2 is 2.26 bits per heavy atom. The number of nitrogens with one attached hydrogen (secondary N) is 1. The Hall–Kier alpha value is -1.62. The average molecular weight is 320 g/mol. The summed E-state index contributed by atoms with van der Waals surface area (Å²) in [5.74, 6) is 0.0824. The summed E-state index contributed by atoms with van der Waals surface area (Å²) in [7, 11) is 0. The van der Waals surface area contributed by atoms with Crippen molar-refractivity contribution in [3.8, 4) is 5.69 Å². The summed E-state index contributed by atoms with van der Waals surface area (Å²) in [6.45, 7) is 1.99. The van der Waals surface area contributed by atoms with Crippen LogP contribution in [0.15, 0.2) is 41.1 Å². The van der Waals surface area contributed by atoms with E-state index in [0.29, 0.717) is 0 Å². The van der Waals surface area contributed by atoms with Crippen molar-refractivity contribution in [3.05, 3.63) is 41.1 Å². The predicted molar refractivity (Wildman–Crippen MR) is 77.2 cm³/mol. The summed E-state index contributed by atoms with van der Waals surface area (Å²) in [6, 6.07) is 7.63. The molecule has 0 unspecified atom stereocenters. The molecule has 1 aliphatic rings. The Bertz CT molecular complexity index is 618. The number of benzene rings is 1. The summed E-state index contributed by atoms with van der Waals surface area (Å²) in [5, 5.41) is 7.22. The summed E-state index contributed by atoms with van der Waals surface area (Å²) in [5.41, 5.74) is 1.45. The topological polar surface area (TPSA) is 46.9 Å². The third-order valence-corrected chi connectivity index (χ3v) is 4.00. The first-order chi connectivity index (χ1) is 9.08. The molecule has 1 N–H and O–H groups in total. The van der Waals surface area contributed by atoms with Crippen LogP contribution in [-0.2, 0) is 4.79 Å². The van der Waals surface area contributed by atoms with E-state index in [2.05, 4.69) is 26.3 Å². The van der Waals surface area contributed by atoms with Crippen LogP contribution in [0.5, 0.6) is 0 Å². The van der Waals surface area contributed by atoms with Gasteiger partial charge >= 0.3 is 0 Å². The zero-order chi connectivity index (χ0) is 13.5. The molecule has 0 aliphatic heterocycles. The zero-order valence-corrected chi connectivity index (χ0v) is 12.1. The molecule has 2 aromatic rings. The van der Waals surface area contributed by atoms with Gasteiger partial charge in [-0.3, -0.25) is 4.79 Å². The minimum Gasteiger partial charge on any atom is -0.324 e. The molecule has 1 fully saturated rings. The SMILES string of the molecule is CC1(C(=O)Nc2cc(Br)ccc2-n2cccn2)CC1. The number of hydrogen-bond acceptors (Lipinski definition) is 2. The molecule has 5 heteroatoms. The smallest absolute Gasteiger partial charge is 0.230 e. The van der Waals surface area contributed by atoms with Crippen LogP contribution in [0, 0.1) is 5.41 Å². The number of aromatic nitrogens is 2. The van der Waals surface area contributed by atoms with Crippen LogP contribution in [0.3, 0.4) is 0 Å². The maximum atomic E-state index is 12.2. The fourth-order valence-corrected chi connectivity index (χ4v) is 2.27. The Morgan fingerprint density at radius 1 is 1.47 bits per heavy atom. The van der Waals surface area contributed by atoms with Gasteiger partial charge in [0.1, 0.15) is 0 Å². The molecule has 0 radical (unpaired) electrons. The molecule has 1 aliphatic carbocycles. The molecule has 19 heavy (non-hydrogen) atoms. The summed E-state index contributed by atoms with van der Waals surface area (Å²) >= 11 is 3.43. The molecule has 98 valence electrons. The van der Waals surface area contributed by atoms with Gasteiger partial charge < -0.3 is 5.32 Å². The largest absolute Gasteiger partial charge is 0.324 e. The lowest BCUT2D eigenvalue weighted by atomic mass is 10.1. The van der Waals surface area contributed by atoms with E-state index >= 15 is 0 Å². The molecule has 0 bridgehead atoms. The molecule has 0 spiro atoms. The highest BCUT2D eigenvalue weighted by molar-refractivity contribution is 9.10. The van der Waals surface area contributed by atoms with Gasteiger partial charge in [-0.15, -0.1) is 0 Å². The standard InChI is InChI=1S/C14H14BrN3O/c1-14(5-6-14)13(19)17-11-9-10(15)3-4-12(11)18-8-2-7-16-18/h2-4,7-9H,5-6H2,1H3,(H,17,19). The fourth-order valence-electron chi connectivity index (χ4n) is 1.91. The van der Waals surface area contributed by atoms with Gasteiger partial charge in [-0.25, -0.2) is 4.68 Å². The number of hydrogen-bond donors (Lipinski definition) is 1. The van der Waals surface area contributed by atoms with Gasteiger partial charge in [0.25, 0.3) is 0 Å². The third-order valence-electron chi connectivity index (χ3n) is 3.51. The van der Waals surface area contributed by atoms with Crippen molar-refractivity contribution >= 4 is 27.5 Å². The van der Waals surface area contributed by atoms with E-state index in [1.807, 2.05) is 37.4 Å². The number of nitrogens with zero attached hydrogens (tertiary/aromatic N) is 2. The Morgan fingerprint density at radius 3 is 2.89 bits per heavy atom. The van der Waals surface area contributed by atoms with Crippen LogP contribution in [0.25, 0.3) is 5.69 Å². The number of anilines is 1. The second-order valence-electron chi connectivity index (χ2n) is 5.13. The van der Waals surface area contributed by atoms with Gasteiger partial charge in [0, 0.05) is 22.3 Å². The van der Waals surface area contributed by atoms with Crippen molar-refractivity contribution in [2.24, 2.45) is 5.41 Å². The van der Waals surface area contributed by atoms with Gasteiger partial charge in [-0.1, -0.05) is 22.9 Å². The van der Waals surface area contributed by atoms with E-state index in [9.17, 15) is 4.79 Å². The normalized spacial score (nSPS) is 16.1. The monoisotopic (exact) mass is 319 g/mol. The number of carbonyl (C=O) groups excluding carboxylic acids is 1. The molecule has 0 atom stereocenters. The van der Waals surface area contributed by atoms with E-state index in [-0.39, 0.29) is 11.3 Å². The Balaban J connectivity index is 1.95.